The first-order valence-corrected chi connectivity index (χ1v) is 4.20. The van der Waals surface area contributed by atoms with Crippen LogP contribution in [0.15, 0.2) is 18.3 Å². The Morgan fingerprint density at radius 2 is 2.43 bits per heavy atom. The summed E-state index contributed by atoms with van der Waals surface area (Å²) < 4.78 is 4.55. The van der Waals surface area contributed by atoms with Gasteiger partial charge in [-0.05, 0) is 19.1 Å². The molecule has 0 aliphatic rings. The topological polar surface area (TPSA) is 77.2 Å². The fourth-order valence-electron chi connectivity index (χ4n) is 0.979. The summed E-state index contributed by atoms with van der Waals surface area (Å²) in [6.45, 7) is 1.68. The third-order valence-electron chi connectivity index (χ3n) is 1.75. The van der Waals surface area contributed by atoms with Crippen molar-refractivity contribution >= 4 is 17.5 Å². The van der Waals surface area contributed by atoms with Crippen molar-refractivity contribution in [3.05, 3.63) is 18.3 Å². The molecule has 0 amide bonds. The zero-order chi connectivity index (χ0) is 10.6. The molecule has 0 bridgehead atoms. The van der Waals surface area contributed by atoms with Gasteiger partial charge in [-0.2, -0.15) is 0 Å². The van der Waals surface area contributed by atoms with Crippen molar-refractivity contribution in [2.24, 2.45) is 0 Å². The zero-order valence-electron chi connectivity index (χ0n) is 8.15. The SMILES string of the molecule is COC(=O)C(C)Nc1ncccc1N. The average Bonchev–Trinajstić information content (AvgIpc) is 2.20. The second-order valence-electron chi connectivity index (χ2n) is 2.83. The van der Waals surface area contributed by atoms with Crippen LogP contribution in [-0.2, 0) is 9.53 Å². The van der Waals surface area contributed by atoms with Gasteiger partial charge in [-0.3, -0.25) is 0 Å². The molecule has 1 atom stereocenters. The lowest BCUT2D eigenvalue weighted by Crippen LogP contribution is -2.27. The number of nitrogens with zero attached hydrogens (tertiary/aromatic N) is 1. The number of carbonyl (C=O) groups excluding carboxylic acids is 1. The van der Waals surface area contributed by atoms with Crippen LogP contribution in [0.4, 0.5) is 11.5 Å². The van der Waals surface area contributed by atoms with Crippen LogP contribution in [0, 0.1) is 0 Å². The second kappa shape index (κ2) is 4.45. The molecule has 5 nitrogen and oxygen atoms in total. The van der Waals surface area contributed by atoms with Gasteiger partial charge in [0.25, 0.3) is 0 Å². The van der Waals surface area contributed by atoms with Crippen LogP contribution < -0.4 is 11.1 Å². The molecule has 5 heteroatoms. The first-order valence-electron chi connectivity index (χ1n) is 4.20. The molecule has 1 unspecified atom stereocenters. The largest absolute Gasteiger partial charge is 0.467 e. The quantitative estimate of drug-likeness (QED) is 0.692. The number of ether oxygens (including phenoxy) is 1. The molecule has 3 N–H and O–H groups in total. The molecule has 0 fully saturated rings. The summed E-state index contributed by atoms with van der Waals surface area (Å²) in [6.07, 6.45) is 1.60. The zero-order valence-corrected chi connectivity index (χ0v) is 8.15. The van der Waals surface area contributed by atoms with Crippen molar-refractivity contribution in [1.82, 2.24) is 4.98 Å². The summed E-state index contributed by atoms with van der Waals surface area (Å²) in [4.78, 5) is 15.1. The Balaban J connectivity index is 2.69. The molecular weight excluding hydrogens is 182 g/mol. The van der Waals surface area contributed by atoms with Gasteiger partial charge in [0, 0.05) is 6.20 Å². The van der Waals surface area contributed by atoms with E-state index in [4.69, 9.17) is 5.73 Å². The average molecular weight is 195 g/mol. The smallest absolute Gasteiger partial charge is 0.328 e. The van der Waals surface area contributed by atoms with Gasteiger partial charge in [-0.15, -0.1) is 0 Å². The maximum absolute atomic E-state index is 11.1. The lowest BCUT2D eigenvalue weighted by Gasteiger charge is -2.12. The molecule has 0 aliphatic heterocycles. The molecule has 1 aromatic rings. The van der Waals surface area contributed by atoms with E-state index >= 15 is 0 Å². The minimum absolute atomic E-state index is 0.352. The predicted molar refractivity (Wildman–Crippen MR) is 53.8 cm³/mol. The molecule has 1 heterocycles. The Morgan fingerprint density at radius 1 is 1.71 bits per heavy atom. The molecule has 0 saturated carbocycles. The highest BCUT2D eigenvalue weighted by Gasteiger charge is 2.13. The predicted octanol–water partition coefficient (Wildman–Crippen LogP) is 0.637. The van der Waals surface area contributed by atoms with Gasteiger partial charge in [-0.1, -0.05) is 0 Å². The maximum Gasteiger partial charge on any atom is 0.328 e. The Labute approximate surface area is 82.3 Å². The maximum atomic E-state index is 11.1. The fourth-order valence-corrected chi connectivity index (χ4v) is 0.979. The molecular formula is C9H13N3O2. The molecule has 1 rings (SSSR count). The van der Waals surface area contributed by atoms with Crippen molar-refractivity contribution in [3.8, 4) is 0 Å². The van der Waals surface area contributed by atoms with E-state index < -0.39 is 6.04 Å². The van der Waals surface area contributed by atoms with Crippen LogP contribution >= 0.6 is 0 Å². The number of hydrogen-bond donors (Lipinski definition) is 2. The lowest BCUT2D eigenvalue weighted by atomic mass is 10.3. The number of aromatic nitrogens is 1. The molecule has 76 valence electrons. The van der Waals surface area contributed by atoms with E-state index in [2.05, 4.69) is 15.0 Å². The summed E-state index contributed by atoms with van der Waals surface area (Å²) in [5, 5.41) is 2.85. The summed E-state index contributed by atoms with van der Waals surface area (Å²) in [6, 6.07) is 2.97. The molecule has 0 aliphatic carbocycles. The van der Waals surface area contributed by atoms with Crippen LogP contribution in [-0.4, -0.2) is 24.1 Å². The fraction of sp³-hybridized carbons (Fsp3) is 0.333. The van der Waals surface area contributed by atoms with E-state index in [0.717, 1.165) is 0 Å². The van der Waals surface area contributed by atoms with Gasteiger partial charge in [0.1, 0.15) is 11.9 Å². The molecule has 0 aromatic carbocycles. The van der Waals surface area contributed by atoms with Crippen molar-refractivity contribution < 1.29 is 9.53 Å². The standard InChI is InChI=1S/C9H13N3O2/c1-6(9(13)14-2)12-8-7(10)4-3-5-11-8/h3-6H,10H2,1-2H3,(H,11,12). The van der Waals surface area contributed by atoms with Crippen molar-refractivity contribution in [1.29, 1.82) is 0 Å². The summed E-state index contributed by atoms with van der Waals surface area (Å²) in [7, 11) is 1.34. The number of methoxy groups -OCH3 is 1. The van der Waals surface area contributed by atoms with E-state index in [1.54, 1.807) is 25.3 Å². The van der Waals surface area contributed by atoms with Crippen LogP contribution in [0.2, 0.25) is 0 Å². The van der Waals surface area contributed by atoms with Gasteiger partial charge in [0.2, 0.25) is 0 Å². The van der Waals surface area contributed by atoms with E-state index in [-0.39, 0.29) is 5.97 Å². The number of hydrogen-bond acceptors (Lipinski definition) is 5. The Morgan fingerprint density at radius 3 is 3.00 bits per heavy atom. The normalized spacial score (nSPS) is 11.9. The van der Waals surface area contributed by atoms with Crippen LogP contribution in [0.1, 0.15) is 6.92 Å². The molecule has 14 heavy (non-hydrogen) atoms. The van der Waals surface area contributed by atoms with Crippen LogP contribution in [0.5, 0.6) is 0 Å². The van der Waals surface area contributed by atoms with Crippen molar-refractivity contribution in [2.45, 2.75) is 13.0 Å². The number of pyridine rings is 1. The highest BCUT2D eigenvalue weighted by atomic mass is 16.5. The van der Waals surface area contributed by atoms with E-state index in [9.17, 15) is 4.79 Å². The number of nitrogens with two attached hydrogens (primary N) is 1. The van der Waals surface area contributed by atoms with Gasteiger partial charge < -0.3 is 15.8 Å². The minimum Gasteiger partial charge on any atom is -0.467 e. The van der Waals surface area contributed by atoms with Crippen molar-refractivity contribution in [2.75, 3.05) is 18.2 Å². The number of anilines is 2. The molecule has 0 spiro atoms. The van der Waals surface area contributed by atoms with Gasteiger partial charge >= 0.3 is 5.97 Å². The van der Waals surface area contributed by atoms with E-state index in [0.29, 0.717) is 11.5 Å². The molecule has 0 saturated heterocycles. The Kier molecular flexibility index (Phi) is 3.28. The monoisotopic (exact) mass is 195 g/mol. The van der Waals surface area contributed by atoms with Gasteiger partial charge in [0.05, 0.1) is 12.8 Å². The van der Waals surface area contributed by atoms with Crippen molar-refractivity contribution in [3.63, 3.8) is 0 Å². The summed E-state index contributed by atoms with van der Waals surface area (Å²) >= 11 is 0. The van der Waals surface area contributed by atoms with E-state index in [1.165, 1.54) is 7.11 Å². The highest BCUT2D eigenvalue weighted by Crippen LogP contribution is 2.14. The number of rotatable bonds is 3. The van der Waals surface area contributed by atoms with Crippen LogP contribution in [0.3, 0.4) is 0 Å². The lowest BCUT2D eigenvalue weighted by molar-refractivity contribution is -0.141. The van der Waals surface area contributed by atoms with Crippen LogP contribution in [0.25, 0.3) is 0 Å². The Bertz CT molecular complexity index is 328. The minimum atomic E-state index is -0.461. The molecule has 1 aromatic heterocycles. The third-order valence-corrected chi connectivity index (χ3v) is 1.75. The first-order chi connectivity index (χ1) is 6.65. The number of nitrogen functional groups attached to an aromatic ring is 1. The number of carbonyl (C=O) groups is 1. The van der Waals surface area contributed by atoms with Gasteiger partial charge in [-0.25, -0.2) is 9.78 Å². The summed E-state index contributed by atoms with van der Waals surface area (Å²) in [5.74, 6) is 0.139. The molecule has 0 radical (unpaired) electrons. The summed E-state index contributed by atoms with van der Waals surface area (Å²) in [5.41, 5.74) is 6.14. The Hall–Kier alpha value is -1.78. The third kappa shape index (κ3) is 2.35. The number of nitrogens with one attached hydrogen (secondary N) is 1. The van der Waals surface area contributed by atoms with E-state index in [1.807, 2.05) is 0 Å². The number of esters is 1. The first kappa shape index (κ1) is 10.3. The van der Waals surface area contributed by atoms with Gasteiger partial charge in [0.15, 0.2) is 0 Å². The highest BCUT2D eigenvalue weighted by molar-refractivity contribution is 5.79. The second-order valence-corrected chi connectivity index (χ2v) is 2.83.